The monoisotopic (exact) mass is 389 g/mol. The summed E-state index contributed by atoms with van der Waals surface area (Å²) in [7, 11) is 0. The van der Waals surface area contributed by atoms with Gasteiger partial charge in [0.25, 0.3) is 5.91 Å². The van der Waals surface area contributed by atoms with E-state index in [1.54, 1.807) is 0 Å². The molecule has 8 saturated carbocycles. The molecule has 8 rings (SSSR count). The summed E-state index contributed by atoms with van der Waals surface area (Å²) >= 11 is 0. The largest absolute Gasteiger partial charge is 0.346 e. The molecule has 2 heteroatoms. The average Bonchev–Trinajstić information content (AvgIpc) is 2.65. The first-order valence-corrected chi connectivity index (χ1v) is 12.2. The van der Waals surface area contributed by atoms with Crippen LogP contribution in [-0.4, -0.2) is 12.5 Å². The summed E-state index contributed by atoms with van der Waals surface area (Å²) in [6, 6.07) is 0. The van der Waals surface area contributed by atoms with Gasteiger partial charge < -0.3 is 5.32 Å². The highest BCUT2D eigenvalue weighted by Crippen LogP contribution is 2.78. The third-order valence-electron chi connectivity index (χ3n) is 10.3. The van der Waals surface area contributed by atoms with Crippen LogP contribution in [-0.2, 0) is 4.79 Å². The molecule has 0 aliphatic heterocycles. The molecular formula is C27H35NO. The van der Waals surface area contributed by atoms with E-state index in [0.717, 1.165) is 23.7 Å². The highest BCUT2D eigenvalue weighted by atomic mass is 16.1. The molecule has 8 fully saturated rings. The van der Waals surface area contributed by atoms with Crippen molar-refractivity contribution in [2.45, 2.75) is 84.0 Å². The van der Waals surface area contributed by atoms with Crippen LogP contribution in [0.1, 0.15) is 84.0 Å². The van der Waals surface area contributed by atoms with E-state index in [0.29, 0.717) is 17.4 Å². The van der Waals surface area contributed by atoms with Gasteiger partial charge in [-0.3, -0.25) is 4.79 Å². The third-order valence-corrected chi connectivity index (χ3v) is 10.3. The van der Waals surface area contributed by atoms with Crippen LogP contribution in [0.3, 0.4) is 0 Å². The Balaban J connectivity index is 1.38. The van der Waals surface area contributed by atoms with Crippen LogP contribution < -0.4 is 5.32 Å². The van der Waals surface area contributed by atoms with Crippen molar-refractivity contribution < 1.29 is 4.79 Å². The number of hydrogen-bond donors (Lipinski definition) is 1. The van der Waals surface area contributed by atoms with Crippen molar-refractivity contribution in [2.75, 3.05) is 6.54 Å². The van der Waals surface area contributed by atoms with Crippen LogP contribution in [0.4, 0.5) is 0 Å². The Morgan fingerprint density at radius 1 is 0.862 bits per heavy atom. The molecular weight excluding hydrogens is 354 g/mol. The molecule has 8 bridgehead atoms. The third kappa shape index (κ3) is 2.54. The van der Waals surface area contributed by atoms with Crippen molar-refractivity contribution in [2.24, 2.45) is 45.3 Å². The van der Waals surface area contributed by atoms with Crippen LogP contribution in [0.5, 0.6) is 0 Å². The molecule has 0 heterocycles. The predicted molar refractivity (Wildman–Crippen MR) is 114 cm³/mol. The first-order valence-electron chi connectivity index (χ1n) is 12.2. The number of rotatable bonds is 2. The zero-order valence-electron chi connectivity index (χ0n) is 18.0. The number of nitrogens with one attached hydrogen (secondary N) is 1. The molecule has 2 nitrogen and oxygen atoms in total. The van der Waals surface area contributed by atoms with Crippen molar-refractivity contribution in [3.8, 4) is 24.2 Å². The lowest BCUT2D eigenvalue weighted by molar-refractivity contribution is -0.220. The van der Waals surface area contributed by atoms with Crippen LogP contribution >= 0.6 is 0 Å². The maximum Gasteiger partial charge on any atom is 0.295 e. The molecule has 0 aromatic rings. The van der Waals surface area contributed by atoms with Crippen LogP contribution in [0, 0.1) is 69.5 Å². The molecule has 0 radical (unpaired) electrons. The van der Waals surface area contributed by atoms with Gasteiger partial charge in [-0.1, -0.05) is 11.8 Å². The maximum absolute atomic E-state index is 12.1. The molecule has 1 N–H and O–H groups in total. The molecule has 8 aliphatic carbocycles. The van der Waals surface area contributed by atoms with Gasteiger partial charge in [-0.2, -0.15) is 0 Å². The highest BCUT2D eigenvalue weighted by molar-refractivity contribution is 5.93. The van der Waals surface area contributed by atoms with E-state index < -0.39 is 0 Å². The minimum Gasteiger partial charge on any atom is -0.346 e. The second-order valence-electron chi connectivity index (χ2n) is 12.3. The van der Waals surface area contributed by atoms with E-state index in [2.05, 4.69) is 23.1 Å². The molecule has 4 unspecified atom stereocenters. The van der Waals surface area contributed by atoms with Gasteiger partial charge in [-0.15, -0.1) is 6.42 Å². The van der Waals surface area contributed by atoms with Crippen molar-refractivity contribution in [3.63, 3.8) is 0 Å². The predicted octanol–water partition coefficient (Wildman–Crippen LogP) is 4.93. The summed E-state index contributed by atoms with van der Waals surface area (Å²) in [5.74, 6) is 13.3. The molecule has 8 aliphatic rings. The van der Waals surface area contributed by atoms with Crippen LogP contribution in [0.2, 0.25) is 0 Å². The molecule has 29 heavy (non-hydrogen) atoms. The van der Waals surface area contributed by atoms with Gasteiger partial charge in [0.05, 0.1) is 0 Å². The topological polar surface area (TPSA) is 29.1 Å². The number of amides is 1. The number of hydrogen-bond acceptors (Lipinski definition) is 1. The Bertz CT molecular complexity index is 822. The van der Waals surface area contributed by atoms with Gasteiger partial charge in [0.2, 0.25) is 0 Å². The van der Waals surface area contributed by atoms with Gasteiger partial charge in [-0.25, -0.2) is 0 Å². The van der Waals surface area contributed by atoms with Gasteiger partial charge >= 0.3 is 0 Å². The number of terminal acetylenes is 1. The van der Waals surface area contributed by atoms with Gasteiger partial charge in [0, 0.05) is 17.4 Å². The fraction of sp³-hybridized carbons (Fsp3) is 0.815. The maximum atomic E-state index is 12.1. The van der Waals surface area contributed by atoms with E-state index in [1.165, 1.54) is 77.0 Å². The summed E-state index contributed by atoms with van der Waals surface area (Å²) in [6.07, 6.45) is 22.4. The summed E-state index contributed by atoms with van der Waals surface area (Å²) in [6.45, 7) is 2.63. The minimum absolute atomic E-state index is 0.0848. The molecule has 154 valence electrons. The van der Waals surface area contributed by atoms with E-state index in [-0.39, 0.29) is 16.7 Å². The van der Waals surface area contributed by atoms with Crippen molar-refractivity contribution >= 4 is 5.91 Å². The molecule has 0 aromatic heterocycles. The molecule has 0 aromatic carbocycles. The Morgan fingerprint density at radius 3 is 1.83 bits per heavy atom. The first-order chi connectivity index (χ1) is 13.9. The summed E-state index contributed by atoms with van der Waals surface area (Å²) in [4.78, 5) is 12.1. The van der Waals surface area contributed by atoms with Gasteiger partial charge in [0.15, 0.2) is 0 Å². The van der Waals surface area contributed by atoms with Crippen LogP contribution in [0.25, 0.3) is 0 Å². The summed E-state index contributed by atoms with van der Waals surface area (Å²) < 4.78 is 0. The Kier molecular flexibility index (Phi) is 3.70. The fourth-order valence-electron chi connectivity index (χ4n) is 10.5. The van der Waals surface area contributed by atoms with Crippen LogP contribution in [0.15, 0.2) is 0 Å². The number of carbonyl (C=O) groups is 1. The van der Waals surface area contributed by atoms with Crippen molar-refractivity contribution in [1.29, 1.82) is 0 Å². The molecule has 0 spiro atoms. The van der Waals surface area contributed by atoms with Gasteiger partial charge in [-0.05, 0) is 124 Å². The first kappa shape index (κ1) is 18.4. The van der Waals surface area contributed by atoms with E-state index >= 15 is 0 Å². The fourth-order valence-corrected chi connectivity index (χ4v) is 10.5. The SMILES string of the molecule is C#CC12CC3CC(C1)CC(C14CC5CC(CC(C#CC(=O)NCC)(C5)C1)C4)(C3)C2. The lowest BCUT2D eigenvalue weighted by Gasteiger charge is -2.73. The summed E-state index contributed by atoms with van der Waals surface area (Å²) in [5.41, 5.74) is 1.22. The Hall–Kier alpha value is -1.41. The summed E-state index contributed by atoms with van der Waals surface area (Å²) in [5, 5.41) is 2.87. The van der Waals surface area contributed by atoms with Crippen molar-refractivity contribution in [3.05, 3.63) is 0 Å². The standard InChI is InChI=1S/C27H35NO/c1-3-24-9-19-7-20(10-24)14-26(13-19,17-24)27-15-21-8-22(16-27)12-25(11-21,18-27)6-5-23(29)28-4-2/h1,19-22H,4,7-18H2,2H3,(H,28,29). The molecule has 0 saturated heterocycles. The Morgan fingerprint density at radius 2 is 1.34 bits per heavy atom. The lowest BCUT2D eigenvalue weighted by Crippen LogP contribution is -2.64. The normalized spacial score (nSPS) is 53.2. The second kappa shape index (κ2) is 5.84. The second-order valence-corrected chi connectivity index (χ2v) is 12.3. The zero-order valence-corrected chi connectivity index (χ0v) is 18.0. The lowest BCUT2D eigenvalue weighted by atomic mass is 9.31. The quantitative estimate of drug-likeness (QED) is 0.667. The van der Waals surface area contributed by atoms with E-state index in [4.69, 9.17) is 6.42 Å². The molecule has 4 atom stereocenters. The smallest absolute Gasteiger partial charge is 0.295 e. The van der Waals surface area contributed by atoms with Crippen molar-refractivity contribution in [1.82, 2.24) is 5.32 Å². The van der Waals surface area contributed by atoms with E-state index in [9.17, 15) is 4.79 Å². The Labute approximate surface area is 176 Å². The van der Waals surface area contributed by atoms with E-state index in [1.807, 2.05) is 6.92 Å². The molecule has 1 amide bonds. The number of carbonyl (C=O) groups excluding carboxylic acids is 1. The van der Waals surface area contributed by atoms with Gasteiger partial charge in [0.1, 0.15) is 0 Å². The zero-order chi connectivity index (χ0) is 19.9. The average molecular weight is 390 g/mol. The minimum atomic E-state index is -0.0848. The highest BCUT2D eigenvalue weighted by Gasteiger charge is 2.69.